The van der Waals surface area contributed by atoms with Gasteiger partial charge in [0.1, 0.15) is 6.42 Å². The maximum atomic E-state index is 14.3. The molecular weight excluding hydrogens is 588 g/mol. The van der Waals surface area contributed by atoms with Gasteiger partial charge in [-0.05, 0) is 135 Å². The van der Waals surface area contributed by atoms with Crippen molar-refractivity contribution >= 4 is 17.8 Å². The van der Waals surface area contributed by atoms with E-state index in [1.807, 2.05) is 0 Å². The average Bonchev–Trinajstić information content (AvgIpc) is 3.40. The highest BCUT2D eigenvalue weighted by Gasteiger charge is 2.71. The zero-order valence-corrected chi connectivity index (χ0v) is 30.5. The monoisotopic (exact) mass is 654 g/mol. The molecule has 0 spiro atoms. The highest BCUT2D eigenvalue weighted by atomic mass is 16.4. The number of carboxylic acids is 1. The zero-order chi connectivity index (χ0) is 34.4. The Morgan fingerprint density at radius 1 is 0.745 bits per heavy atom. The van der Waals surface area contributed by atoms with Gasteiger partial charge in [0.05, 0.1) is 11.5 Å². The van der Waals surface area contributed by atoms with Crippen LogP contribution in [0.2, 0.25) is 0 Å². The maximum Gasteiger partial charge on any atom is 0.312 e. The van der Waals surface area contributed by atoms with Crippen molar-refractivity contribution in [3.05, 3.63) is 12.2 Å². The third kappa shape index (κ3) is 6.11. The first-order chi connectivity index (χ1) is 22.0. The number of hydrogen-bond donors (Lipinski definition) is 4. The molecule has 0 unspecified atom stereocenters. The summed E-state index contributed by atoms with van der Waals surface area (Å²) in [6, 6.07) is 0. The Kier molecular flexibility index (Phi) is 10.4. The molecule has 0 aromatic rings. The Morgan fingerprint density at radius 2 is 1.40 bits per heavy atom. The van der Waals surface area contributed by atoms with Crippen molar-refractivity contribution in [1.29, 1.82) is 0 Å². The Labute approximate surface area is 284 Å². The molecule has 4 N–H and O–H groups in total. The standard InChI is InChI=1S/C40H66N2O5/c1-26(2)27-15-20-40(35(47)42-24-12-10-8-9-11-23-41-32(44)25-33(45)46)22-21-38(6)28(34(27)40)13-14-30-37(5)18-17-31(43)36(3,4)29(37)16-19-39(30,38)7/h27-31,34,43H,1,8-25H2,2-7H3,(H,41,44)(H,42,47)(H,45,46)/t27-,28+,29-,30+,31-,34+,37-,38+,39+,40-/m0/s1. The third-order valence-corrected chi connectivity index (χ3v) is 15.8. The second-order valence-electron chi connectivity index (χ2n) is 18.2. The second kappa shape index (κ2) is 13.4. The van der Waals surface area contributed by atoms with Gasteiger partial charge in [-0.2, -0.15) is 0 Å². The van der Waals surface area contributed by atoms with Gasteiger partial charge < -0.3 is 20.8 Å². The largest absolute Gasteiger partial charge is 0.481 e. The first-order valence-electron chi connectivity index (χ1n) is 19.1. The lowest BCUT2D eigenvalue weighted by Gasteiger charge is -2.72. The molecule has 5 aliphatic rings. The van der Waals surface area contributed by atoms with Gasteiger partial charge in [0, 0.05) is 13.1 Å². The lowest BCUT2D eigenvalue weighted by molar-refractivity contribution is -0.246. The summed E-state index contributed by atoms with van der Waals surface area (Å²) in [5.41, 5.74) is 1.63. The number of allylic oxidation sites excluding steroid dienone is 1. The molecule has 0 bridgehead atoms. The van der Waals surface area contributed by atoms with Crippen LogP contribution in [-0.2, 0) is 14.4 Å². The fourth-order valence-corrected chi connectivity index (χ4v) is 13.1. The summed E-state index contributed by atoms with van der Waals surface area (Å²) >= 11 is 0. The van der Waals surface area contributed by atoms with Gasteiger partial charge in [-0.15, -0.1) is 0 Å². The molecule has 266 valence electrons. The van der Waals surface area contributed by atoms with Crippen molar-refractivity contribution < 1.29 is 24.6 Å². The van der Waals surface area contributed by atoms with Crippen LogP contribution < -0.4 is 10.6 Å². The van der Waals surface area contributed by atoms with E-state index in [1.165, 1.54) is 31.3 Å². The number of aliphatic carboxylic acids is 1. The van der Waals surface area contributed by atoms with Crippen molar-refractivity contribution in [3.63, 3.8) is 0 Å². The molecule has 0 aliphatic heterocycles. The molecule has 0 aromatic carbocycles. The number of unbranched alkanes of at least 4 members (excludes halogenated alkanes) is 4. The van der Waals surface area contributed by atoms with Crippen molar-refractivity contribution in [2.24, 2.45) is 56.7 Å². The highest BCUT2D eigenvalue weighted by molar-refractivity contribution is 5.93. The zero-order valence-electron chi connectivity index (χ0n) is 30.5. The predicted octanol–water partition coefficient (Wildman–Crippen LogP) is 7.66. The number of carboxylic acid groups (broad SMARTS) is 1. The number of nitrogens with one attached hydrogen (secondary N) is 2. The Bertz CT molecular complexity index is 1210. The quantitative estimate of drug-likeness (QED) is 0.0980. The van der Waals surface area contributed by atoms with Gasteiger partial charge in [-0.3, -0.25) is 14.4 Å². The first kappa shape index (κ1) is 36.4. The van der Waals surface area contributed by atoms with Gasteiger partial charge in [-0.25, -0.2) is 0 Å². The van der Waals surface area contributed by atoms with Crippen molar-refractivity contribution in [1.82, 2.24) is 10.6 Å². The number of rotatable bonds is 12. The van der Waals surface area contributed by atoms with Crippen molar-refractivity contribution in [2.45, 2.75) is 150 Å². The normalized spacial score (nSPS) is 41.9. The summed E-state index contributed by atoms with van der Waals surface area (Å²) in [5.74, 6) is 1.29. The fourth-order valence-electron chi connectivity index (χ4n) is 13.1. The van der Waals surface area contributed by atoms with Crippen LogP contribution in [0.4, 0.5) is 0 Å². The summed E-state index contributed by atoms with van der Waals surface area (Å²) in [4.78, 5) is 36.4. The van der Waals surface area contributed by atoms with E-state index >= 15 is 0 Å². The van der Waals surface area contributed by atoms with Crippen molar-refractivity contribution in [3.8, 4) is 0 Å². The fraction of sp³-hybridized carbons (Fsp3) is 0.875. The number of amides is 2. The minimum Gasteiger partial charge on any atom is -0.481 e. The van der Waals surface area contributed by atoms with Crippen LogP contribution in [0, 0.1) is 56.7 Å². The number of carbonyl (C=O) groups is 3. The van der Waals surface area contributed by atoms with E-state index in [0.29, 0.717) is 48.6 Å². The van der Waals surface area contributed by atoms with Gasteiger partial charge in [0.2, 0.25) is 11.8 Å². The van der Waals surface area contributed by atoms with Gasteiger partial charge >= 0.3 is 5.97 Å². The number of carbonyl (C=O) groups excluding carboxylic acids is 2. The van der Waals surface area contributed by atoms with Crippen LogP contribution >= 0.6 is 0 Å². The summed E-state index contributed by atoms with van der Waals surface area (Å²) in [6.07, 6.45) is 15.3. The lowest BCUT2D eigenvalue weighted by atomic mass is 9.32. The molecule has 7 nitrogen and oxygen atoms in total. The molecule has 5 rings (SSSR count). The molecule has 47 heavy (non-hydrogen) atoms. The van der Waals surface area contributed by atoms with Crippen molar-refractivity contribution in [2.75, 3.05) is 13.1 Å². The molecule has 0 saturated heterocycles. The van der Waals surface area contributed by atoms with E-state index in [2.05, 4.69) is 58.8 Å². The molecule has 0 aromatic heterocycles. The average molecular weight is 655 g/mol. The van der Waals surface area contributed by atoms with Crippen LogP contribution in [0.3, 0.4) is 0 Å². The second-order valence-corrected chi connectivity index (χ2v) is 18.2. The van der Waals surface area contributed by atoms with Gasteiger partial charge in [0.15, 0.2) is 0 Å². The number of hydrogen-bond acceptors (Lipinski definition) is 4. The van der Waals surface area contributed by atoms with Crippen LogP contribution in [0.15, 0.2) is 12.2 Å². The Balaban J connectivity index is 1.23. The molecule has 5 fully saturated rings. The maximum absolute atomic E-state index is 14.3. The summed E-state index contributed by atoms with van der Waals surface area (Å²) in [7, 11) is 0. The summed E-state index contributed by atoms with van der Waals surface area (Å²) in [6.45, 7) is 20.4. The number of fused-ring (bicyclic) bond motifs is 7. The molecule has 10 atom stereocenters. The summed E-state index contributed by atoms with van der Waals surface area (Å²) < 4.78 is 0. The molecule has 2 amide bonds. The van der Waals surface area contributed by atoms with E-state index in [-0.39, 0.29) is 33.2 Å². The van der Waals surface area contributed by atoms with Crippen LogP contribution in [0.1, 0.15) is 144 Å². The number of aliphatic hydroxyl groups excluding tert-OH is 1. The third-order valence-electron chi connectivity index (χ3n) is 15.8. The highest BCUT2D eigenvalue weighted by Crippen LogP contribution is 2.77. The Morgan fingerprint density at radius 3 is 2.06 bits per heavy atom. The van der Waals surface area contributed by atoms with Crippen LogP contribution in [0.25, 0.3) is 0 Å². The molecule has 7 heteroatoms. The van der Waals surface area contributed by atoms with Gasteiger partial charge in [-0.1, -0.05) is 66.0 Å². The first-order valence-corrected chi connectivity index (χ1v) is 19.1. The van der Waals surface area contributed by atoms with Gasteiger partial charge in [0.25, 0.3) is 0 Å². The smallest absolute Gasteiger partial charge is 0.312 e. The Hall–Kier alpha value is -1.89. The molecule has 5 aliphatic carbocycles. The molecule has 5 saturated carbocycles. The van der Waals surface area contributed by atoms with E-state index in [1.54, 1.807) is 0 Å². The SMILES string of the molecule is C=C(C)[C@@H]1CC[C@]2(C(=O)NCCCCCCCNC(=O)CC(=O)O)CC[C@]3(C)[C@H](CC[C@@H]4[C@@]5(C)CC[C@H](O)C(C)(C)[C@@H]5CC[C@]43C)[C@@H]12. The van der Waals surface area contributed by atoms with Crippen LogP contribution in [0.5, 0.6) is 0 Å². The predicted molar refractivity (Wildman–Crippen MR) is 186 cm³/mol. The minimum absolute atomic E-state index is 0.0383. The number of aliphatic hydroxyl groups is 1. The van der Waals surface area contributed by atoms with E-state index in [9.17, 15) is 19.5 Å². The van der Waals surface area contributed by atoms with E-state index in [0.717, 1.165) is 70.6 Å². The minimum atomic E-state index is -1.10. The molecule has 0 radical (unpaired) electrons. The van der Waals surface area contributed by atoms with Crippen LogP contribution in [-0.4, -0.2) is 47.2 Å². The summed E-state index contributed by atoms with van der Waals surface area (Å²) in [5, 5.41) is 25.8. The molecule has 0 heterocycles. The lowest BCUT2D eigenvalue weighted by Crippen LogP contribution is -2.67. The van der Waals surface area contributed by atoms with E-state index in [4.69, 9.17) is 5.11 Å². The topological polar surface area (TPSA) is 116 Å². The molecular formula is C40H66N2O5. The van der Waals surface area contributed by atoms with E-state index < -0.39 is 18.3 Å².